The van der Waals surface area contributed by atoms with Crippen LogP contribution in [-0.4, -0.2) is 29.9 Å². The SMILES string of the molecule is Cc1nc(N)nc(Nc2ccc(/C=C/c3ccc(Nc4nc(C)nc(N)n4)cc3C)c(C)c2)n1. The molecule has 172 valence electrons. The number of nitrogen functional groups attached to an aromatic ring is 2. The summed E-state index contributed by atoms with van der Waals surface area (Å²) in [6, 6.07) is 12.1. The summed E-state index contributed by atoms with van der Waals surface area (Å²) in [4.78, 5) is 24.7. The van der Waals surface area contributed by atoms with Crippen LogP contribution in [0.15, 0.2) is 36.4 Å². The number of nitrogens with two attached hydrogens (primary N) is 2. The topological polar surface area (TPSA) is 153 Å². The van der Waals surface area contributed by atoms with Crippen molar-refractivity contribution in [3.63, 3.8) is 0 Å². The molecule has 6 N–H and O–H groups in total. The Hall–Kier alpha value is -4.60. The maximum Gasteiger partial charge on any atom is 0.232 e. The highest BCUT2D eigenvalue weighted by molar-refractivity contribution is 5.75. The Morgan fingerprint density at radius 2 is 1.00 bits per heavy atom. The molecule has 0 spiro atoms. The molecule has 0 unspecified atom stereocenters. The molecule has 4 aromatic rings. The van der Waals surface area contributed by atoms with Gasteiger partial charge in [0.15, 0.2) is 0 Å². The molecule has 0 saturated heterocycles. The Kier molecular flexibility index (Phi) is 6.30. The van der Waals surface area contributed by atoms with E-state index in [1.807, 2.05) is 36.4 Å². The molecule has 2 aromatic carbocycles. The van der Waals surface area contributed by atoms with Crippen LogP contribution < -0.4 is 22.1 Å². The van der Waals surface area contributed by atoms with Crippen molar-refractivity contribution in [2.75, 3.05) is 22.1 Å². The lowest BCUT2D eigenvalue weighted by atomic mass is 10.0. The van der Waals surface area contributed by atoms with E-state index in [9.17, 15) is 0 Å². The van der Waals surface area contributed by atoms with Crippen LogP contribution in [0.1, 0.15) is 33.9 Å². The molecule has 2 aromatic heterocycles. The fourth-order valence-electron chi connectivity index (χ4n) is 3.44. The van der Waals surface area contributed by atoms with E-state index >= 15 is 0 Å². The van der Waals surface area contributed by atoms with Gasteiger partial charge in [0.05, 0.1) is 0 Å². The number of benzene rings is 2. The number of anilines is 6. The Labute approximate surface area is 197 Å². The van der Waals surface area contributed by atoms with Gasteiger partial charge in [0.25, 0.3) is 0 Å². The molecule has 0 fully saturated rings. The van der Waals surface area contributed by atoms with Crippen molar-refractivity contribution in [2.24, 2.45) is 0 Å². The largest absolute Gasteiger partial charge is 0.368 e. The molecular formula is C24H26N10. The maximum atomic E-state index is 5.70. The van der Waals surface area contributed by atoms with Gasteiger partial charge in [-0.1, -0.05) is 24.3 Å². The first kappa shape index (κ1) is 22.6. The van der Waals surface area contributed by atoms with E-state index in [2.05, 4.69) is 66.5 Å². The molecule has 2 heterocycles. The zero-order valence-corrected chi connectivity index (χ0v) is 19.5. The minimum atomic E-state index is 0.190. The van der Waals surface area contributed by atoms with Crippen molar-refractivity contribution >= 4 is 47.3 Å². The first-order chi connectivity index (χ1) is 16.2. The molecule has 0 aliphatic heterocycles. The van der Waals surface area contributed by atoms with Crippen LogP contribution in [0.5, 0.6) is 0 Å². The molecule has 0 amide bonds. The van der Waals surface area contributed by atoms with Gasteiger partial charge in [0.1, 0.15) is 11.6 Å². The lowest BCUT2D eigenvalue weighted by Gasteiger charge is -2.09. The molecule has 0 aliphatic carbocycles. The van der Waals surface area contributed by atoms with Crippen LogP contribution in [0.2, 0.25) is 0 Å². The highest BCUT2D eigenvalue weighted by Crippen LogP contribution is 2.23. The van der Waals surface area contributed by atoms with E-state index in [1.165, 1.54) is 0 Å². The minimum Gasteiger partial charge on any atom is -0.368 e. The normalized spacial score (nSPS) is 11.1. The highest BCUT2D eigenvalue weighted by atomic mass is 15.2. The van der Waals surface area contributed by atoms with Gasteiger partial charge in [-0.25, -0.2) is 0 Å². The highest BCUT2D eigenvalue weighted by Gasteiger charge is 2.05. The van der Waals surface area contributed by atoms with E-state index in [1.54, 1.807) is 13.8 Å². The van der Waals surface area contributed by atoms with Gasteiger partial charge >= 0.3 is 0 Å². The second kappa shape index (κ2) is 9.49. The third-order valence-electron chi connectivity index (χ3n) is 5.02. The fraction of sp³-hybridized carbons (Fsp3) is 0.167. The van der Waals surface area contributed by atoms with Crippen molar-refractivity contribution < 1.29 is 0 Å². The summed E-state index contributed by atoms with van der Waals surface area (Å²) >= 11 is 0. The summed E-state index contributed by atoms with van der Waals surface area (Å²) in [7, 11) is 0. The molecule has 0 aliphatic rings. The van der Waals surface area contributed by atoms with Crippen LogP contribution in [-0.2, 0) is 0 Å². The summed E-state index contributed by atoms with van der Waals surface area (Å²) in [5.74, 6) is 2.36. The monoisotopic (exact) mass is 454 g/mol. The Morgan fingerprint density at radius 1 is 0.588 bits per heavy atom. The van der Waals surface area contributed by atoms with Crippen LogP contribution in [0, 0.1) is 27.7 Å². The van der Waals surface area contributed by atoms with Crippen LogP contribution in [0.3, 0.4) is 0 Å². The molecular weight excluding hydrogens is 428 g/mol. The number of nitrogens with one attached hydrogen (secondary N) is 2. The van der Waals surface area contributed by atoms with Crippen molar-refractivity contribution in [2.45, 2.75) is 27.7 Å². The summed E-state index contributed by atoms with van der Waals surface area (Å²) in [5.41, 5.74) is 17.6. The van der Waals surface area contributed by atoms with Gasteiger partial charge in [-0.15, -0.1) is 0 Å². The molecule has 10 heteroatoms. The predicted molar refractivity (Wildman–Crippen MR) is 136 cm³/mol. The Balaban J connectivity index is 1.47. The number of aryl methyl sites for hydroxylation is 4. The number of rotatable bonds is 6. The molecule has 4 rings (SSSR count). The van der Waals surface area contributed by atoms with Crippen molar-refractivity contribution in [1.82, 2.24) is 29.9 Å². The van der Waals surface area contributed by atoms with E-state index in [4.69, 9.17) is 11.5 Å². The zero-order valence-electron chi connectivity index (χ0n) is 19.5. The summed E-state index contributed by atoms with van der Waals surface area (Å²) < 4.78 is 0. The van der Waals surface area contributed by atoms with E-state index < -0.39 is 0 Å². The Bertz CT molecular complexity index is 1240. The first-order valence-corrected chi connectivity index (χ1v) is 10.6. The fourth-order valence-corrected chi connectivity index (χ4v) is 3.44. The van der Waals surface area contributed by atoms with Gasteiger partial charge in [-0.2, -0.15) is 29.9 Å². The predicted octanol–water partition coefficient (Wildman–Crippen LogP) is 4.11. The molecule has 0 saturated carbocycles. The minimum absolute atomic E-state index is 0.190. The molecule has 0 radical (unpaired) electrons. The molecule has 34 heavy (non-hydrogen) atoms. The quantitative estimate of drug-likeness (QED) is 0.313. The van der Waals surface area contributed by atoms with Crippen molar-refractivity contribution in [3.05, 3.63) is 70.3 Å². The van der Waals surface area contributed by atoms with Gasteiger partial charge in [0.2, 0.25) is 23.8 Å². The van der Waals surface area contributed by atoms with Gasteiger partial charge in [-0.3, -0.25) is 0 Å². The molecule has 10 nitrogen and oxygen atoms in total. The van der Waals surface area contributed by atoms with E-state index in [0.29, 0.717) is 23.5 Å². The second-order valence-corrected chi connectivity index (χ2v) is 7.85. The van der Waals surface area contributed by atoms with E-state index in [-0.39, 0.29) is 11.9 Å². The summed E-state index contributed by atoms with van der Waals surface area (Å²) in [5, 5.41) is 6.35. The second-order valence-electron chi connectivity index (χ2n) is 7.85. The maximum absolute atomic E-state index is 5.70. The van der Waals surface area contributed by atoms with Crippen molar-refractivity contribution in [3.8, 4) is 0 Å². The number of hydrogen-bond donors (Lipinski definition) is 4. The summed E-state index contributed by atoms with van der Waals surface area (Å²) in [6.07, 6.45) is 4.19. The van der Waals surface area contributed by atoms with Crippen LogP contribution in [0.4, 0.5) is 35.2 Å². The van der Waals surface area contributed by atoms with Gasteiger partial charge in [0, 0.05) is 11.4 Å². The van der Waals surface area contributed by atoms with Crippen LogP contribution in [0.25, 0.3) is 12.2 Å². The molecule has 0 atom stereocenters. The summed E-state index contributed by atoms with van der Waals surface area (Å²) in [6.45, 7) is 7.66. The average Bonchev–Trinajstić information content (AvgIpc) is 2.73. The van der Waals surface area contributed by atoms with E-state index in [0.717, 1.165) is 33.6 Å². The third kappa shape index (κ3) is 5.60. The number of aromatic nitrogens is 6. The Morgan fingerprint density at radius 3 is 1.35 bits per heavy atom. The zero-order chi connectivity index (χ0) is 24.2. The lowest BCUT2D eigenvalue weighted by Crippen LogP contribution is -2.05. The standard InChI is InChI=1S/C24H26N10/c1-13-11-19(31-23-29-15(3)27-21(25)33-23)9-7-17(13)5-6-18-8-10-20(12-14(18)2)32-24-30-16(4)28-22(26)34-24/h5-12H,1-4H3,(H3,25,27,29,31,33)(H3,26,28,30,32,34)/b6-5+. The van der Waals surface area contributed by atoms with Gasteiger partial charge < -0.3 is 22.1 Å². The average molecular weight is 455 g/mol. The van der Waals surface area contributed by atoms with Gasteiger partial charge in [-0.05, 0) is 74.2 Å². The van der Waals surface area contributed by atoms with Crippen LogP contribution >= 0.6 is 0 Å². The number of nitrogens with zero attached hydrogens (tertiary/aromatic N) is 6. The smallest absolute Gasteiger partial charge is 0.232 e. The first-order valence-electron chi connectivity index (χ1n) is 10.6. The third-order valence-corrected chi connectivity index (χ3v) is 5.02. The molecule has 0 bridgehead atoms. The van der Waals surface area contributed by atoms with Crippen molar-refractivity contribution in [1.29, 1.82) is 0 Å². The number of hydrogen-bond acceptors (Lipinski definition) is 10. The lowest BCUT2D eigenvalue weighted by molar-refractivity contribution is 0.994.